The van der Waals surface area contributed by atoms with Crippen LogP contribution in [0.15, 0.2) is 18.2 Å². The van der Waals surface area contributed by atoms with Gasteiger partial charge in [0.15, 0.2) is 0 Å². The number of hydrogen-bond donors (Lipinski definition) is 0. The molecule has 1 heterocycles. The second-order valence-electron chi connectivity index (χ2n) is 6.34. The summed E-state index contributed by atoms with van der Waals surface area (Å²) in [6.07, 6.45) is 0.679. The lowest BCUT2D eigenvalue weighted by molar-refractivity contribution is 0.0584. The van der Waals surface area contributed by atoms with Gasteiger partial charge < -0.3 is 9.47 Å². The molecule has 110 valence electrons. The molecule has 0 bridgehead atoms. The highest BCUT2D eigenvalue weighted by Gasteiger charge is 2.29. The van der Waals surface area contributed by atoms with Crippen LogP contribution in [-0.2, 0) is 11.2 Å². The fraction of sp³-hybridized carbons (Fsp3) is 0.562. The van der Waals surface area contributed by atoms with E-state index in [1.54, 1.807) is 4.90 Å². The van der Waals surface area contributed by atoms with Crippen molar-refractivity contribution in [2.75, 3.05) is 11.4 Å². The van der Waals surface area contributed by atoms with Gasteiger partial charge in [-0.05, 0) is 52.7 Å². The number of carbonyl (C=O) groups is 1. The number of carbonyl (C=O) groups excluding carboxylic acids is 1. The standard InChI is InChI=1S/C16H23NO3/c1-11(2)19-13-7-6-12-8-9-17(14(12)10-13)15(18)20-16(3,4)5/h6-7,10-11H,8-9H2,1-5H3. The molecule has 4 heteroatoms. The summed E-state index contributed by atoms with van der Waals surface area (Å²) in [4.78, 5) is 13.9. The van der Waals surface area contributed by atoms with Crippen molar-refractivity contribution in [3.8, 4) is 5.75 Å². The highest BCUT2D eigenvalue weighted by Crippen LogP contribution is 2.33. The molecule has 0 aromatic heterocycles. The molecule has 0 unspecified atom stereocenters. The highest BCUT2D eigenvalue weighted by atomic mass is 16.6. The maximum atomic E-state index is 12.2. The van der Waals surface area contributed by atoms with Gasteiger partial charge in [-0.25, -0.2) is 4.79 Å². The first-order valence-corrected chi connectivity index (χ1v) is 7.06. The van der Waals surface area contributed by atoms with Gasteiger partial charge in [0.1, 0.15) is 11.4 Å². The number of fused-ring (bicyclic) bond motifs is 1. The molecule has 4 nitrogen and oxygen atoms in total. The molecule has 0 spiro atoms. The first-order valence-electron chi connectivity index (χ1n) is 7.06. The Kier molecular flexibility index (Phi) is 3.93. The minimum absolute atomic E-state index is 0.115. The summed E-state index contributed by atoms with van der Waals surface area (Å²) in [5.74, 6) is 0.786. The van der Waals surface area contributed by atoms with E-state index in [1.807, 2.05) is 52.8 Å². The Morgan fingerprint density at radius 3 is 2.60 bits per heavy atom. The van der Waals surface area contributed by atoms with Crippen LogP contribution in [-0.4, -0.2) is 24.3 Å². The van der Waals surface area contributed by atoms with Gasteiger partial charge >= 0.3 is 6.09 Å². The first-order chi connectivity index (χ1) is 9.26. The van der Waals surface area contributed by atoms with Crippen molar-refractivity contribution in [3.63, 3.8) is 0 Å². The Morgan fingerprint density at radius 2 is 2.00 bits per heavy atom. The van der Waals surface area contributed by atoms with E-state index in [0.717, 1.165) is 23.4 Å². The molecule has 0 saturated heterocycles. The first kappa shape index (κ1) is 14.7. The number of ether oxygens (including phenoxy) is 2. The summed E-state index contributed by atoms with van der Waals surface area (Å²) < 4.78 is 11.1. The van der Waals surface area contributed by atoms with Gasteiger partial charge in [-0.15, -0.1) is 0 Å². The molecule has 20 heavy (non-hydrogen) atoms. The van der Waals surface area contributed by atoms with Crippen LogP contribution in [0.25, 0.3) is 0 Å². The second-order valence-corrected chi connectivity index (χ2v) is 6.34. The molecule has 0 radical (unpaired) electrons. The van der Waals surface area contributed by atoms with Crippen molar-refractivity contribution in [3.05, 3.63) is 23.8 Å². The van der Waals surface area contributed by atoms with Gasteiger partial charge in [-0.1, -0.05) is 6.07 Å². The van der Waals surface area contributed by atoms with Crippen LogP contribution in [0, 0.1) is 0 Å². The molecule has 0 N–H and O–H groups in total. The number of nitrogens with zero attached hydrogens (tertiary/aromatic N) is 1. The summed E-state index contributed by atoms with van der Waals surface area (Å²) in [5.41, 5.74) is 1.58. The zero-order valence-electron chi connectivity index (χ0n) is 12.9. The van der Waals surface area contributed by atoms with Crippen LogP contribution in [0.1, 0.15) is 40.2 Å². The third-order valence-electron chi connectivity index (χ3n) is 2.94. The maximum Gasteiger partial charge on any atom is 0.414 e. The quantitative estimate of drug-likeness (QED) is 0.826. The molecule has 1 aromatic rings. The molecular weight excluding hydrogens is 254 g/mol. The van der Waals surface area contributed by atoms with Crippen LogP contribution in [0.4, 0.5) is 10.5 Å². The summed E-state index contributed by atoms with van der Waals surface area (Å²) in [6, 6.07) is 5.90. The summed E-state index contributed by atoms with van der Waals surface area (Å²) in [7, 11) is 0. The highest BCUT2D eigenvalue weighted by molar-refractivity contribution is 5.90. The van der Waals surface area contributed by atoms with Gasteiger partial charge in [-0.2, -0.15) is 0 Å². The molecule has 0 fully saturated rings. The van der Waals surface area contributed by atoms with E-state index in [4.69, 9.17) is 9.47 Å². The molecule has 1 aliphatic rings. The average molecular weight is 277 g/mol. The average Bonchev–Trinajstić information content (AvgIpc) is 2.68. The zero-order chi connectivity index (χ0) is 14.9. The van der Waals surface area contributed by atoms with Gasteiger partial charge in [0, 0.05) is 12.6 Å². The number of anilines is 1. The van der Waals surface area contributed by atoms with Gasteiger partial charge in [0.05, 0.1) is 11.8 Å². The monoisotopic (exact) mass is 277 g/mol. The number of benzene rings is 1. The predicted octanol–water partition coefficient (Wildman–Crippen LogP) is 3.77. The van der Waals surface area contributed by atoms with E-state index in [2.05, 4.69) is 0 Å². The van der Waals surface area contributed by atoms with Crippen molar-refractivity contribution in [2.24, 2.45) is 0 Å². The van der Waals surface area contributed by atoms with E-state index < -0.39 is 5.60 Å². The maximum absolute atomic E-state index is 12.2. The molecule has 2 rings (SSSR count). The summed E-state index contributed by atoms with van der Waals surface area (Å²) >= 11 is 0. The van der Waals surface area contributed by atoms with E-state index in [1.165, 1.54) is 0 Å². The largest absolute Gasteiger partial charge is 0.491 e. The van der Waals surface area contributed by atoms with Crippen LogP contribution < -0.4 is 9.64 Å². The van der Waals surface area contributed by atoms with E-state index in [0.29, 0.717) is 6.54 Å². The SMILES string of the molecule is CC(C)Oc1ccc2c(c1)N(C(=O)OC(C)(C)C)CC2. The summed E-state index contributed by atoms with van der Waals surface area (Å²) in [5, 5.41) is 0. The van der Waals surface area contributed by atoms with Crippen molar-refractivity contribution in [2.45, 2.75) is 52.7 Å². The smallest absolute Gasteiger partial charge is 0.414 e. The lowest BCUT2D eigenvalue weighted by Crippen LogP contribution is -2.35. The molecule has 0 atom stereocenters. The fourth-order valence-corrected chi connectivity index (χ4v) is 2.21. The van der Waals surface area contributed by atoms with Gasteiger partial charge in [0.25, 0.3) is 0 Å². The van der Waals surface area contributed by atoms with Crippen LogP contribution >= 0.6 is 0 Å². The number of hydrogen-bond acceptors (Lipinski definition) is 3. The molecular formula is C16H23NO3. The van der Waals surface area contributed by atoms with Crippen molar-refractivity contribution < 1.29 is 14.3 Å². The number of rotatable bonds is 2. The summed E-state index contributed by atoms with van der Waals surface area (Å²) in [6.45, 7) is 10.3. The van der Waals surface area contributed by atoms with Crippen molar-refractivity contribution in [1.29, 1.82) is 0 Å². The third-order valence-corrected chi connectivity index (χ3v) is 2.94. The van der Waals surface area contributed by atoms with Crippen LogP contribution in [0.3, 0.4) is 0 Å². The molecule has 1 aromatic carbocycles. The van der Waals surface area contributed by atoms with Crippen LogP contribution in [0.5, 0.6) is 5.75 Å². The normalized spacial score (nSPS) is 14.4. The van der Waals surface area contributed by atoms with Crippen molar-refractivity contribution >= 4 is 11.8 Å². The van der Waals surface area contributed by atoms with E-state index >= 15 is 0 Å². The lowest BCUT2D eigenvalue weighted by atomic mass is 10.1. The Bertz CT molecular complexity index is 503. The lowest BCUT2D eigenvalue weighted by Gasteiger charge is -2.25. The molecule has 0 saturated carbocycles. The molecule has 1 amide bonds. The van der Waals surface area contributed by atoms with Gasteiger partial charge in [-0.3, -0.25) is 4.90 Å². The van der Waals surface area contributed by atoms with Gasteiger partial charge in [0.2, 0.25) is 0 Å². The van der Waals surface area contributed by atoms with E-state index in [9.17, 15) is 4.79 Å². The Hall–Kier alpha value is -1.71. The van der Waals surface area contributed by atoms with E-state index in [-0.39, 0.29) is 12.2 Å². The zero-order valence-corrected chi connectivity index (χ0v) is 12.9. The minimum atomic E-state index is -0.480. The predicted molar refractivity (Wildman–Crippen MR) is 79.5 cm³/mol. The van der Waals surface area contributed by atoms with Crippen molar-refractivity contribution in [1.82, 2.24) is 0 Å². The Labute approximate surface area is 120 Å². The second kappa shape index (κ2) is 5.35. The molecule has 1 aliphatic heterocycles. The third kappa shape index (κ3) is 3.44. The Morgan fingerprint density at radius 1 is 1.30 bits per heavy atom. The Balaban J connectivity index is 2.20. The van der Waals surface area contributed by atoms with Crippen LogP contribution in [0.2, 0.25) is 0 Å². The molecule has 0 aliphatic carbocycles. The topological polar surface area (TPSA) is 38.8 Å². The number of amides is 1. The minimum Gasteiger partial charge on any atom is -0.491 e. The fourth-order valence-electron chi connectivity index (χ4n) is 2.21.